The quantitative estimate of drug-likeness (QED) is 0.650. The molecule has 5 rings (SSSR count). The summed E-state index contributed by atoms with van der Waals surface area (Å²) in [6.45, 7) is 7.36. The average Bonchev–Trinajstić information content (AvgIpc) is 3.12. The molecule has 2 amide bonds. The van der Waals surface area contributed by atoms with E-state index in [2.05, 4.69) is 11.4 Å². The number of carbonyl (C=O) groups is 2. The summed E-state index contributed by atoms with van der Waals surface area (Å²) in [5, 5.41) is 13.0. The van der Waals surface area contributed by atoms with Crippen molar-refractivity contribution in [3.8, 4) is 17.2 Å². The molecule has 3 fully saturated rings. The molecule has 1 aliphatic carbocycles. The molecule has 2 aromatic carbocycles. The van der Waals surface area contributed by atoms with E-state index in [1.807, 2.05) is 45.0 Å². The average molecular weight is 507 g/mol. The van der Waals surface area contributed by atoms with Crippen LogP contribution in [-0.2, 0) is 14.9 Å². The molecule has 4 atom stereocenters. The molecule has 37 heavy (non-hydrogen) atoms. The van der Waals surface area contributed by atoms with Crippen LogP contribution in [0.5, 0.6) is 0 Å². The fourth-order valence-electron chi connectivity index (χ4n) is 5.66. The lowest BCUT2D eigenvalue weighted by Crippen LogP contribution is -2.38. The van der Waals surface area contributed by atoms with E-state index in [0.717, 1.165) is 5.56 Å². The Morgan fingerprint density at radius 2 is 1.86 bits per heavy atom. The Labute approximate surface area is 215 Å². The zero-order valence-electron chi connectivity index (χ0n) is 21.5. The molecule has 2 aromatic rings. The number of rotatable bonds is 5. The number of hydrogen-bond acceptors (Lipinski definition) is 6. The first-order chi connectivity index (χ1) is 17.6. The summed E-state index contributed by atoms with van der Waals surface area (Å²) in [6.07, 6.45) is -1.11. The van der Waals surface area contributed by atoms with Gasteiger partial charge in [-0.2, -0.15) is 5.26 Å². The molecular weight excluding hydrogens is 475 g/mol. The fraction of sp³-hybridized carbons (Fsp3) is 0.464. The SMILES string of the molecule is CNCC1CN(c2ccc(-c3ccc(C4(C#N)[C@@H]5CN(C(=O)OC(C)(C)C)C[C@@H]54)cc3)c(F)c2)C(=O)O1. The second-order valence-corrected chi connectivity index (χ2v) is 11.0. The monoisotopic (exact) mass is 506 g/mol. The predicted molar refractivity (Wildman–Crippen MR) is 135 cm³/mol. The summed E-state index contributed by atoms with van der Waals surface area (Å²) in [6, 6.07) is 14.6. The van der Waals surface area contributed by atoms with Crippen LogP contribution >= 0.6 is 0 Å². The number of halogens is 1. The summed E-state index contributed by atoms with van der Waals surface area (Å²) in [5.41, 5.74) is 1.22. The van der Waals surface area contributed by atoms with Crippen molar-refractivity contribution in [3.05, 3.63) is 53.8 Å². The summed E-state index contributed by atoms with van der Waals surface area (Å²) >= 11 is 0. The zero-order chi connectivity index (χ0) is 26.5. The first kappa shape index (κ1) is 25.0. The van der Waals surface area contributed by atoms with Crippen molar-refractivity contribution in [1.29, 1.82) is 5.26 Å². The van der Waals surface area contributed by atoms with Gasteiger partial charge in [0.15, 0.2) is 0 Å². The number of fused-ring (bicyclic) bond motifs is 1. The van der Waals surface area contributed by atoms with Gasteiger partial charge in [-0.15, -0.1) is 0 Å². The van der Waals surface area contributed by atoms with Gasteiger partial charge in [0, 0.05) is 37.0 Å². The maximum Gasteiger partial charge on any atom is 0.414 e. The lowest BCUT2D eigenvalue weighted by molar-refractivity contribution is 0.0266. The number of cyclic esters (lactones) is 1. The van der Waals surface area contributed by atoms with E-state index in [1.165, 1.54) is 11.0 Å². The Hall–Kier alpha value is -3.64. The predicted octanol–water partition coefficient (Wildman–Crippen LogP) is 4.30. The van der Waals surface area contributed by atoms with Crippen molar-refractivity contribution in [2.24, 2.45) is 11.8 Å². The van der Waals surface area contributed by atoms with Gasteiger partial charge in [-0.1, -0.05) is 24.3 Å². The van der Waals surface area contributed by atoms with Gasteiger partial charge in [-0.05, 0) is 57.1 Å². The van der Waals surface area contributed by atoms with Crippen molar-refractivity contribution in [2.75, 3.05) is 38.1 Å². The minimum absolute atomic E-state index is 0.0545. The van der Waals surface area contributed by atoms with Crippen molar-refractivity contribution in [1.82, 2.24) is 10.2 Å². The highest BCUT2D eigenvalue weighted by Gasteiger charge is 2.70. The largest absolute Gasteiger partial charge is 0.444 e. The Balaban J connectivity index is 1.29. The third kappa shape index (κ3) is 4.40. The van der Waals surface area contributed by atoms with E-state index >= 15 is 4.39 Å². The molecule has 194 valence electrons. The second kappa shape index (κ2) is 9.03. The molecule has 2 heterocycles. The third-order valence-corrected chi connectivity index (χ3v) is 7.46. The third-order valence-electron chi connectivity index (χ3n) is 7.46. The smallest absolute Gasteiger partial charge is 0.414 e. The topological polar surface area (TPSA) is 94.9 Å². The molecule has 2 unspecified atom stereocenters. The van der Waals surface area contributed by atoms with Crippen LogP contribution in [0.1, 0.15) is 26.3 Å². The number of nitrogens with zero attached hydrogens (tertiary/aromatic N) is 3. The number of carbonyl (C=O) groups excluding carboxylic acids is 2. The number of likely N-dealkylation sites (N-methyl/N-ethyl adjacent to an activating group) is 1. The number of benzene rings is 2. The van der Waals surface area contributed by atoms with Gasteiger partial charge in [-0.3, -0.25) is 4.90 Å². The molecule has 2 saturated heterocycles. The lowest BCUT2D eigenvalue weighted by atomic mass is 9.90. The van der Waals surface area contributed by atoms with Crippen LogP contribution in [-0.4, -0.2) is 62.0 Å². The molecule has 9 heteroatoms. The first-order valence-corrected chi connectivity index (χ1v) is 12.5. The highest BCUT2D eigenvalue weighted by molar-refractivity contribution is 5.90. The summed E-state index contributed by atoms with van der Waals surface area (Å²) in [5.74, 6) is -0.334. The number of piperidine rings is 1. The molecule has 2 aliphatic heterocycles. The van der Waals surface area contributed by atoms with E-state index < -0.39 is 22.9 Å². The molecule has 0 spiro atoms. The molecule has 0 bridgehead atoms. The molecule has 8 nitrogen and oxygen atoms in total. The van der Waals surface area contributed by atoms with E-state index in [-0.39, 0.29) is 24.0 Å². The minimum Gasteiger partial charge on any atom is -0.444 e. The normalized spacial score (nSPS) is 26.5. The number of ether oxygens (including phenoxy) is 2. The fourth-order valence-corrected chi connectivity index (χ4v) is 5.66. The number of anilines is 1. The number of hydrogen-bond donors (Lipinski definition) is 1. The highest BCUT2D eigenvalue weighted by Crippen LogP contribution is 2.63. The van der Waals surface area contributed by atoms with Crippen molar-refractivity contribution in [3.63, 3.8) is 0 Å². The standard InChI is InChI=1S/C28H31FN4O4/c1-27(2,3)37-25(34)32-14-22-23(15-32)28(22,16-30)18-7-5-17(6-8-18)21-10-9-19(11-24(21)29)33-13-20(12-31-4)36-26(33)35/h5-11,20,22-23,31H,12-15H2,1-4H3/t20?,22-,23+,28?. The molecule has 0 radical (unpaired) electrons. The van der Waals surface area contributed by atoms with Gasteiger partial charge >= 0.3 is 12.2 Å². The van der Waals surface area contributed by atoms with Crippen LogP contribution < -0.4 is 10.2 Å². The van der Waals surface area contributed by atoms with Gasteiger partial charge in [0.25, 0.3) is 0 Å². The van der Waals surface area contributed by atoms with Gasteiger partial charge in [0.1, 0.15) is 17.5 Å². The summed E-state index contributed by atoms with van der Waals surface area (Å²) < 4.78 is 25.9. The Bertz CT molecular complexity index is 1250. The Kier molecular flexibility index (Phi) is 6.11. The maximum atomic E-state index is 15.1. The lowest BCUT2D eigenvalue weighted by Gasteiger charge is -2.27. The number of amides is 2. The minimum atomic E-state index is -0.639. The van der Waals surface area contributed by atoms with Crippen molar-refractivity contribution >= 4 is 17.9 Å². The van der Waals surface area contributed by atoms with Crippen LogP contribution in [0.15, 0.2) is 42.5 Å². The van der Waals surface area contributed by atoms with Crippen molar-refractivity contribution < 1.29 is 23.5 Å². The summed E-state index contributed by atoms with van der Waals surface area (Å²) in [4.78, 5) is 27.7. The molecule has 0 aromatic heterocycles. The first-order valence-electron chi connectivity index (χ1n) is 12.5. The molecule has 3 aliphatic rings. The van der Waals surface area contributed by atoms with E-state index in [4.69, 9.17) is 9.47 Å². The Morgan fingerprint density at radius 1 is 1.19 bits per heavy atom. The maximum absolute atomic E-state index is 15.1. The second-order valence-electron chi connectivity index (χ2n) is 11.0. The molecule has 1 N–H and O–H groups in total. The summed E-state index contributed by atoms with van der Waals surface area (Å²) in [7, 11) is 1.78. The van der Waals surface area contributed by atoms with E-state index in [0.29, 0.717) is 43.0 Å². The van der Waals surface area contributed by atoms with Crippen molar-refractivity contribution in [2.45, 2.75) is 37.9 Å². The van der Waals surface area contributed by atoms with E-state index in [9.17, 15) is 14.9 Å². The van der Waals surface area contributed by atoms with Gasteiger partial charge < -0.3 is 19.7 Å². The van der Waals surface area contributed by atoms with Crippen LogP contribution in [0, 0.1) is 29.0 Å². The Morgan fingerprint density at radius 3 is 2.43 bits per heavy atom. The molecule has 1 saturated carbocycles. The van der Waals surface area contributed by atoms with Gasteiger partial charge in [-0.25, -0.2) is 14.0 Å². The molecular formula is C28H31FN4O4. The van der Waals surface area contributed by atoms with Crippen LogP contribution in [0.2, 0.25) is 0 Å². The van der Waals surface area contributed by atoms with E-state index in [1.54, 1.807) is 24.1 Å². The van der Waals surface area contributed by atoms with Gasteiger partial charge in [0.05, 0.1) is 23.7 Å². The number of nitrogens with one attached hydrogen (secondary N) is 1. The number of likely N-dealkylation sites (tertiary alicyclic amines) is 1. The van der Waals surface area contributed by atoms with Crippen LogP contribution in [0.4, 0.5) is 19.7 Å². The number of nitriles is 1. The van der Waals surface area contributed by atoms with Gasteiger partial charge in [0.2, 0.25) is 0 Å². The van der Waals surface area contributed by atoms with Crippen LogP contribution in [0.3, 0.4) is 0 Å². The van der Waals surface area contributed by atoms with Crippen LogP contribution in [0.25, 0.3) is 11.1 Å². The zero-order valence-corrected chi connectivity index (χ0v) is 21.5. The highest BCUT2D eigenvalue weighted by atomic mass is 19.1.